The van der Waals surface area contributed by atoms with Gasteiger partial charge in [-0.15, -0.1) is 0 Å². The fourth-order valence-electron chi connectivity index (χ4n) is 2.09. The SMILES string of the molecule is COc1ccc(Br)cc1CC(CBr)CC(C)C. The van der Waals surface area contributed by atoms with Crippen molar-refractivity contribution in [1.82, 2.24) is 0 Å². The predicted octanol–water partition coefficient (Wildman–Crippen LogP) is 5.06. The molecular formula is C14H20Br2O. The van der Waals surface area contributed by atoms with E-state index in [4.69, 9.17) is 4.74 Å². The largest absolute Gasteiger partial charge is 0.496 e. The third kappa shape index (κ3) is 5.01. The van der Waals surface area contributed by atoms with Crippen molar-refractivity contribution in [2.45, 2.75) is 26.7 Å². The first kappa shape index (κ1) is 15.0. The summed E-state index contributed by atoms with van der Waals surface area (Å²) >= 11 is 7.14. The average Bonchev–Trinajstić information content (AvgIpc) is 2.28. The van der Waals surface area contributed by atoms with Crippen LogP contribution in [0.5, 0.6) is 5.75 Å². The van der Waals surface area contributed by atoms with Crippen LogP contribution in [0.3, 0.4) is 0 Å². The fraction of sp³-hybridized carbons (Fsp3) is 0.571. The molecule has 0 aliphatic rings. The molecule has 1 nitrogen and oxygen atoms in total. The second-order valence-electron chi connectivity index (χ2n) is 4.81. The summed E-state index contributed by atoms with van der Waals surface area (Å²) in [6.07, 6.45) is 2.30. The molecule has 0 saturated carbocycles. The summed E-state index contributed by atoms with van der Waals surface area (Å²) in [5.41, 5.74) is 1.28. The molecule has 0 heterocycles. The van der Waals surface area contributed by atoms with Crippen LogP contribution in [-0.4, -0.2) is 12.4 Å². The molecule has 96 valence electrons. The van der Waals surface area contributed by atoms with Crippen molar-refractivity contribution in [2.75, 3.05) is 12.4 Å². The average molecular weight is 364 g/mol. The highest BCUT2D eigenvalue weighted by atomic mass is 79.9. The maximum atomic E-state index is 5.41. The summed E-state index contributed by atoms with van der Waals surface area (Å²) in [6.45, 7) is 4.54. The molecule has 0 saturated heterocycles. The van der Waals surface area contributed by atoms with Crippen LogP contribution in [0.25, 0.3) is 0 Å². The lowest BCUT2D eigenvalue weighted by Crippen LogP contribution is -2.10. The van der Waals surface area contributed by atoms with Gasteiger partial charge in [-0.25, -0.2) is 0 Å². The predicted molar refractivity (Wildman–Crippen MR) is 81.1 cm³/mol. The summed E-state index contributed by atoms with van der Waals surface area (Å²) in [5.74, 6) is 2.39. The minimum Gasteiger partial charge on any atom is -0.496 e. The molecule has 0 amide bonds. The van der Waals surface area contributed by atoms with Crippen molar-refractivity contribution in [3.63, 3.8) is 0 Å². The molecule has 3 heteroatoms. The molecule has 0 bridgehead atoms. The zero-order valence-corrected chi connectivity index (χ0v) is 13.8. The summed E-state index contributed by atoms with van der Waals surface area (Å²) in [5, 5.41) is 1.04. The smallest absolute Gasteiger partial charge is 0.122 e. The molecule has 0 fully saturated rings. The number of halogens is 2. The molecule has 1 aromatic carbocycles. The zero-order chi connectivity index (χ0) is 12.8. The van der Waals surface area contributed by atoms with Gasteiger partial charge in [0.1, 0.15) is 5.75 Å². The summed E-state index contributed by atoms with van der Waals surface area (Å²) < 4.78 is 6.53. The summed E-state index contributed by atoms with van der Waals surface area (Å²) in [7, 11) is 1.73. The van der Waals surface area contributed by atoms with E-state index in [0.717, 1.165) is 27.9 Å². The first-order valence-electron chi connectivity index (χ1n) is 5.95. The molecule has 0 aromatic heterocycles. The van der Waals surface area contributed by atoms with Crippen LogP contribution in [0.4, 0.5) is 0 Å². The van der Waals surface area contributed by atoms with Crippen molar-refractivity contribution in [3.8, 4) is 5.75 Å². The molecule has 0 aliphatic carbocycles. The Kier molecular flexibility index (Phi) is 6.57. The van der Waals surface area contributed by atoms with E-state index < -0.39 is 0 Å². The van der Waals surface area contributed by atoms with Gasteiger partial charge in [0.25, 0.3) is 0 Å². The molecule has 1 unspecified atom stereocenters. The van der Waals surface area contributed by atoms with Crippen molar-refractivity contribution in [2.24, 2.45) is 11.8 Å². The van der Waals surface area contributed by atoms with E-state index in [-0.39, 0.29) is 0 Å². The second-order valence-corrected chi connectivity index (χ2v) is 6.37. The lowest BCUT2D eigenvalue weighted by atomic mass is 9.92. The Morgan fingerprint density at radius 3 is 2.53 bits per heavy atom. The Bertz CT molecular complexity index is 350. The van der Waals surface area contributed by atoms with Crippen LogP contribution in [0.2, 0.25) is 0 Å². The molecule has 1 aromatic rings. The van der Waals surface area contributed by atoms with Gasteiger partial charge < -0.3 is 4.74 Å². The second kappa shape index (κ2) is 7.42. The maximum Gasteiger partial charge on any atom is 0.122 e. The maximum absolute atomic E-state index is 5.41. The zero-order valence-electron chi connectivity index (χ0n) is 10.7. The Labute approximate surface area is 121 Å². The van der Waals surface area contributed by atoms with Crippen LogP contribution < -0.4 is 4.74 Å². The highest BCUT2D eigenvalue weighted by molar-refractivity contribution is 9.10. The number of alkyl halides is 1. The van der Waals surface area contributed by atoms with Crippen molar-refractivity contribution >= 4 is 31.9 Å². The van der Waals surface area contributed by atoms with Gasteiger partial charge in [0, 0.05) is 9.80 Å². The number of methoxy groups -OCH3 is 1. The number of rotatable bonds is 6. The fourth-order valence-corrected chi connectivity index (χ4v) is 2.99. The molecule has 0 spiro atoms. The van der Waals surface area contributed by atoms with Crippen LogP contribution in [0, 0.1) is 11.8 Å². The topological polar surface area (TPSA) is 9.23 Å². The van der Waals surface area contributed by atoms with Crippen LogP contribution in [0.1, 0.15) is 25.8 Å². The van der Waals surface area contributed by atoms with Crippen molar-refractivity contribution in [3.05, 3.63) is 28.2 Å². The monoisotopic (exact) mass is 362 g/mol. The summed E-state index contributed by atoms with van der Waals surface area (Å²) in [6, 6.07) is 6.21. The summed E-state index contributed by atoms with van der Waals surface area (Å²) in [4.78, 5) is 0. The standard InChI is InChI=1S/C14H20Br2O/c1-10(2)6-11(9-15)7-12-8-13(16)4-5-14(12)17-3/h4-5,8,10-11H,6-7,9H2,1-3H3. The minimum atomic E-state index is 0.665. The Morgan fingerprint density at radius 1 is 1.29 bits per heavy atom. The van der Waals surface area contributed by atoms with E-state index in [1.165, 1.54) is 12.0 Å². The quantitative estimate of drug-likeness (QED) is 0.642. The first-order valence-corrected chi connectivity index (χ1v) is 7.86. The minimum absolute atomic E-state index is 0.665. The number of benzene rings is 1. The van der Waals surface area contributed by atoms with Gasteiger partial charge in [0.15, 0.2) is 0 Å². The molecule has 1 atom stereocenters. The van der Waals surface area contributed by atoms with Gasteiger partial charge in [0.2, 0.25) is 0 Å². The molecule has 17 heavy (non-hydrogen) atoms. The normalized spacial score (nSPS) is 12.8. The van der Waals surface area contributed by atoms with Crippen LogP contribution in [0.15, 0.2) is 22.7 Å². The van der Waals surface area contributed by atoms with Crippen molar-refractivity contribution in [1.29, 1.82) is 0 Å². The van der Waals surface area contributed by atoms with E-state index in [2.05, 4.69) is 51.8 Å². The number of hydrogen-bond acceptors (Lipinski definition) is 1. The van der Waals surface area contributed by atoms with Gasteiger partial charge in [-0.05, 0) is 48.4 Å². The van der Waals surface area contributed by atoms with E-state index in [0.29, 0.717) is 5.92 Å². The van der Waals surface area contributed by atoms with Gasteiger partial charge in [-0.1, -0.05) is 45.7 Å². The third-order valence-electron chi connectivity index (χ3n) is 2.77. The number of ether oxygens (including phenoxy) is 1. The van der Waals surface area contributed by atoms with Crippen LogP contribution in [-0.2, 0) is 6.42 Å². The van der Waals surface area contributed by atoms with Crippen molar-refractivity contribution < 1.29 is 4.74 Å². The van der Waals surface area contributed by atoms with E-state index in [1.54, 1.807) is 7.11 Å². The van der Waals surface area contributed by atoms with Gasteiger partial charge in [0.05, 0.1) is 7.11 Å². The molecule has 0 radical (unpaired) electrons. The van der Waals surface area contributed by atoms with E-state index >= 15 is 0 Å². The highest BCUT2D eigenvalue weighted by Gasteiger charge is 2.13. The Hall–Kier alpha value is -0.0200. The first-order chi connectivity index (χ1) is 8.06. The molecule has 0 aliphatic heterocycles. The Balaban J connectivity index is 2.80. The Morgan fingerprint density at radius 2 is 2.00 bits per heavy atom. The lowest BCUT2D eigenvalue weighted by molar-refractivity contribution is 0.397. The third-order valence-corrected chi connectivity index (χ3v) is 4.18. The van der Waals surface area contributed by atoms with Crippen LogP contribution >= 0.6 is 31.9 Å². The highest BCUT2D eigenvalue weighted by Crippen LogP contribution is 2.28. The lowest BCUT2D eigenvalue weighted by Gasteiger charge is -2.18. The van der Waals surface area contributed by atoms with E-state index in [9.17, 15) is 0 Å². The van der Waals surface area contributed by atoms with E-state index in [1.807, 2.05) is 12.1 Å². The van der Waals surface area contributed by atoms with Gasteiger partial charge >= 0.3 is 0 Å². The molecule has 1 rings (SSSR count). The number of hydrogen-bond donors (Lipinski definition) is 0. The molecular weight excluding hydrogens is 344 g/mol. The van der Waals surface area contributed by atoms with Gasteiger partial charge in [-0.2, -0.15) is 0 Å². The molecule has 0 N–H and O–H groups in total. The van der Waals surface area contributed by atoms with Gasteiger partial charge in [-0.3, -0.25) is 0 Å².